The highest BCUT2D eigenvalue weighted by atomic mass is 32.2. The Balaban J connectivity index is 3.74. The van der Waals surface area contributed by atoms with Crippen molar-refractivity contribution in [3.63, 3.8) is 0 Å². The van der Waals surface area contributed by atoms with Gasteiger partial charge in [-0.1, -0.05) is 0 Å². The van der Waals surface area contributed by atoms with Crippen molar-refractivity contribution in [2.75, 3.05) is 0 Å². The summed E-state index contributed by atoms with van der Waals surface area (Å²) >= 11 is 0. The van der Waals surface area contributed by atoms with Gasteiger partial charge in [-0.15, -0.1) is 0 Å². The summed E-state index contributed by atoms with van der Waals surface area (Å²) in [6.07, 6.45) is 0. The van der Waals surface area contributed by atoms with E-state index in [1.54, 1.807) is 0 Å². The van der Waals surface area contributed by atoms with E-state index in [-0.39, 0.29) is 0 Å². The first-order valence-corrected chi connectivity index (χ1v) is 4.42. The first-order valence-electron chi connectivity index (χ1n) is 2.98. The van der Waals surface area contributed by atoms with Gasteiger partial charge in [0.05, 0.1) is 6.07 Å². The fraction of sp³-hybridized carbons (Fsp3) is 0. The summed E-state index contributed by atoms with van der Waals surface area (Å²) in [5, 5.41) is 0. The van der Waals surface area contributed by atoms with E-state index in [1.165, 1.54) is 0 Å². The van der Waals surface area contributed by atoms with E-state index in [9.17, 15) is 26.0 Å². The van der Waals surface area contributed by atoms with Crippen LogP contribution in [0.1, 0.15) is 0 Å². The smallest absolute Gasteiger partial charge is 0.282 e. The van der Waals surface area contributed by atoms with Gasteiger partial charge < -0.3 is 0 Å². The van der Waals surface area contributed by atoms with Crippen LogP contribution in [0.4, 0.5) is 17.6 Å². The molecule has 0 aliphatic heterocycles. The molecule has 77 valence electrons. The Hall–Kier alpha value is -1.15. The average Bonchev–Trinajstić information content (AvgIpc) is 1.98. The lowest BCUT2D eigenvalue weighted by Gasteiger charge is -2.02. The van der Waals surface area contributed by atoms with Crippen molar-refractivity contribution >= 4 is 10.1 Å². The molecule has 0 unspecified atom stereocenters. The Morgan fingerprint density at radius 3 is 1.64 bits per heavy atom. The molecule has 1 aromatic carbocycles. The van der Waals surface area contributed by atoms with E-state index >= 15 is 0 Å². The topological polar surface area (TPSA) is 54.4 Å². The molecule has 1 rings (SSSR count). The Morgan fingerprint density at radius 2 is 1.36 bits per heavy atom. The fourth-order valence-corrected chi connectivity index (χ4v) is 1.36. The second kappa shape index (κ2) is 3.21. The predicted molar refractivity (Wildman–Crippen MR) is 34.9 cm³/mol. The monoisotopic (exact) mass is 229 g/mol. The Labute approximate surface area is 75.7 Å². The molecule has 8 heteroatoms. The maximum Gasteiger partial charge on any atom is 0.300 e. The first-order chi connectivity index (χ1) is 6.25. The van der Waals surface area contributed by atoms with Crippen molar-refractivity contribution in [3.05, 3.63) is 29.3 Å². The summed E-state index contributed by atoms with van der Waals surface area (Å²) in [5.41, 5.74) is 0. The zero-order valence-corrected chi connectivity index (χ0v) is 7.00. The van der Waals surface area contributed by atoms with Gasteiger partial charge >= 0.3 is 10.1 Å². The summed E-state index contributed by atoms with van der Waals surface area (Å²) < 4.78 is 78.7. The van der Waals surface area contributed by atoms with Gasteiger partial charge in [0.15, 0.2) is 28.2 Å². The summed E-state index contributed by atoms with van der Waals surface area (Å²) in [4.78, 5) is -2.06. The molecule has 1 aromatic rings. The van der Waals surface area contributed by atoms with Gasteiger partial charge in [0, 0.05) is 0 Å². The minimum atomic E-state index is -5.36. The average molecular weight is 229 g/mol. The molecule has 0 saturated carbocycles. The van der Waals surface area contributed by atoms with Crippen molar-refractivity contribution in [1.82, 2.24) is 0 Å². The summed E-state index contributed by atoms with van der Waals surface area (Å²) in [6.45, 7) is 0. The lowest BCUT2D eigenvalue weighted by atomic mass is 10.3. The second-order valence-electron chi connectivity index (χ2n) is 2.19. The van der Waals surface area contributed by atoms with E-state index in [2.05, 4.69) is 0 Å². The standard InChI is InChI=1S/C6HF4O3S/c7-2-1-3(8)5(10)6(4(2)9)14(11,12)13/h(H,11,12,13). The van der Waals surface area contributed by atoms with Crippen LogP contribution < -0.4 is 0 Å². The third-order valence-electron chi connectivity index (χ3n) is 1.26. The molecule has 1 radical (unpaired) electrons. The first kappa shape index (κ1) is 10.9. The SMILES string of the molecule is O=S(=O)(O)c1c(F)c(F)[c]c(F)c1F. The lowest BCUT2D eigenvalue weighted by molar-refractivity contribution is 0.402. The highest BCUT2D eigenvalue weighted by Gasteiger charge is 2.28. The molecule has 0 atom stereocenters. The van der Waals surface area contributed by atoms with Gasteiger partial charge in [0.2, 0.25) is 0 Å². The second-order valence-corrected chi connectivity index (χ2v) is 3.54. The Morgan fingerprint density at radius 1 is 1.00 bits per heavy atom. The summed E-state index contributed by atoms with van der Waals surface area (Å²) in [6, 6.07) is 0.960. The lowest BCUT2D eigenvalue weighted by Crippen LogP contribution is -2.09. The molecule has 0 amide bonds. The van der Waals surface area contributed by atoms with Crippen molar-refractivity contribution in [3.8, 4) is 0 Å². The van der Waals surface area contributed by atoms with Crippen LogP contribution in [0.3, 0.4) is 0 Å². The fourth-order valence-electron chi connectivity index (χ4n) is 0.728. The van der Waals surface area contributed by atoms with Crippen LogP contribution in [0.15, 0.2) is 4.90 Å². The molecule has 0 spiro atoms. The van der Waals surface area contributed by atoms with E-state index in [0.29, 0.717) is 0 Å². The van der Waals surface area contributed by atoms with Gasteiger partial charge in [-0.05, 0) is 0 Å². The van der Waals surface area contributed by atoms with Crippen LogP contribution in [0.5, 0.6) is 0 Å². The molecule has 0 fully saturated rings. The number of hydrogen-bond acceptors (Lipinski definition) is 2. The van der Waals surface area contributed by atoms with Crippen molar-refractivity contribution in [1.29, 1.82) is 0 Å². The van der Waals surface area contributed by atoms with Gasteiger partial charge in [-0.25, -0.2) is 17.6 Å². The molecule has 0 saturated heterocycles. The molecule has 0 aromatic heterocycles. The molecule has 0 bridgehead atoms. The van der Waals surface area contributed by atoms with Gasteiger partial charge in [0.1, 0.15) is 0 Å². The van der Waals surface area contributed by atoms with Gasteiger partial charge in [-0.3, -0.25) is 4.55 Å². The molecule has 1 N–H and O–H groups in total. The van der Waals surface area contributed by atoms with Crippen LogP contribution in [-0.4, -0.2) is 13.0 Å². The van der Waals surface area contributed by atoms with E-state index < -0.39 is 38.3 Å². The van der Waals surface area contributed by atoms with Crippen LogP contribution in [0, 0.1) is 29.3 Å². The largest absolute Gasteiger partial charge is 0.300 e. The molecule has 3 nitrogen and oxygen atoms in total. The predicted octanol–water partition coefficient (Wildman–Crippen LogP) is 1.29. The molecule has 0 aliphatic rings. The molecular formula is C6HF4O3S. The van der Waals surface area contributed by atoms with Crippen LogP contribution >= 0.6 is 0 Å². The van der Waals surface area contributed by atoms with E-state index in [0.717, 1.165) is 6.07 Å². The number of rotatable bonds is 1. The quantitative estimate of drug-likeness (QED) is 0.448. The summed E-state index contributed by atoms with van der Waals surface area (Å²) in [5.74, 6) is -8.49. The highest BCUT2D eigenvalue weighted by molar-refractivity contribution is 7.85. The number of halogens is 4. The van der Waals surface area contributed by atoms with Crippen LogP contribution in [0.25, 0.3) is 0 Å². The Kier molecular flexibility index (Phi) is 2.50. The van der Waals surface area contributed by atoms with Gasteiger partial charge in [-0.2, -0.15) is 8.42 Å². The molecule has 14 heavy (non-hydrogen) atoms. The van der Waals surface area contributed by atoms with Crippen molar-refractivity contribution < 1.29 is 30.5 Å². The summed E-state index contributed by atoms with van der Waals surface area (Å²) in [7, 11) is -5.36. The zero-order chi connectivity index (χ0) is 11.1. The zero-order valence-electron chi connectivity index (χ0n) is 6.18. The van der Waals surface area contributed by atoms with E-state index in [1.807, 2.05) is 0 Å². The molecular weight excluding hydrogens is 228 g/mol. The maximum atomic E-state index is 12.6. The van der Waals surface area contributed by atoms with Gasteiger partial charge in [0.25, 0.3) is 0 Å². The van der Waals surface area contributed by atoms with Crippen LogP contribution in [0.2, 0.25) is 0 Å². The van der Waals surface area contributed by atoms with Crippen molar-refractivity contribution in [2.24, 2.45) is 0 Å². The van der Waals surface area contributed by atoms with Crippen molar-refractivity contribution in [2.45, 2.75) is 4.90 Å². The number of benzene rings is 1. The third kappa shape index (κ3) is 1.70. The normalized spacial score (nSPS) is 11.8. The van der Waals surface area contributed by atoms with E-state index in [4.69, 9.17) is 4.55 Å². The van der Waals surface area contributed by atoms with Crippen LogP contribution in [-0.2, 0) is 10.1 Å². The highest BCUT2D eigenvalue weighted by Crippen LogP contribution is 2.22. The number of hydrogen-bond donors (Lipinski definition) is 1. The third-order valence-corrected chi connectivity index (χ3v) is 2.14. The molecule has 0 heterocycles. The maximum absolute atomic E-state index is 12.6. The Bertz CT molecular complexity index is 456. The molecule has 0 aliphatic carbocycles. The minimum Gasteiger partial charge on any atom is -0.282 e. The minimum absolute atomic E-state index is 0.960.